The highest BCUT2D eigenvalue weighted by molar-refractivity contribution is 5.71. The average molecular weight is 255 g/mol. The van der Waals surface area contributed by atoms with Crippen LogP contribution in [0.1, 0.15) is 39.0 Å². The summed E-state index contributed by atoms with van der Waals surface area (Å²) in [6, 6.07) is 0. The minimum Gasteiger partial charge on any atom is -0.460 e. The van der Waals surface area contributed by atoms with Crippen LogP contribution in [0.25, 0.3) is 0 Å². The van der Waals surface area contributed by atoms with Gasteiger partial charge in [-0.2, -0.15) is 5.10 Å². The minimum atomic E-state index is -0.820. The van der Waals surface area contributed by atoms with E-state index < -0.39 is 17.7 Å². The summed E-state index contributed by atoms with van der Waals surface area (Å²) < 4.78 is 9.96. The van der Waals surface area contributed by atoms with Gasteiger partial charge in [-0.1, -0.05) is 0 Å². The molecule has 0 aromatic carbocycles. The van der Waals surface area contributed by atoms with Crippen LogP contribution in [0.2, 0.25) is 0 Å². The number of nitrogen functional groups attached to an aromatic ring is 1. The fraction of sp³-hybridized carbons (Fsp3) is 0.545. The number of nitrogens with zero attached hydrogens (tertiary/aromatic N) is 1. The van der Waals surface area contributed by atoms with Crippen molar-refractivity contribution in [2.75, 3.05) is 5.73 Å². The van der Waals surface area contributed by atoms with Crippen molar-refractivity contribution in [2.45, 2.75) is 38.9 Å². The third-order valence-corrected chi connectivity index (χ3v) is 2.01. The van der Waals surface area contributed by atoms with E-state index in [2.05, 4.69) is 10.2 Å². The first-order chi connectivity index (χ1) is 8.33. The van der Waals surface area contributed by atoms with Crippen LogP contribution in [-0.2, 0) is 19.1 Å². The molecule has 0 radical (unpaired) electrons. The summed E-state index contributed by atoms with van der Waals surface area (Å²) in [7, 11) is 0. The Bertz CT molecular complexity index is 422. The number of H-pyrrole nitrogens is 1. The molecule has 0 fully saturated rings. The molecule has 0 aliphatic rings. The van der Waals surface area contributed by atoms with Gasteiger partial charge in [0.15, 0.2) is 6.10 Å². The normalized spacial score (nSPS) is 12.8. The van der Waals surface area contributed by atoms with Gasteiger partial charge in [-0.15, -0.1) is 0 Å². The number of hydrogen-bond donors (Lipinski definition) is 2. The van der Waals surface area contributed by atoms with Gasteiger partial charge in [-0.05, 0) is 20.8 Å². The smallest absolute Gasteiger partial charge is 0.310 e. The van der Waals surface area contributed by atoms with Crippen molar-refractivity contribution in [2.24, 2.45) is 0 Å². The van der Waals surface area contributed by atoms with E-state index in [1.54, 1.807) is 20.8 Å². The van der Waals surface area contributed by atoms with Gasteiger partial charge in [0.1, 0.15) is 5.60 Å². The summed E-state index contributed by atoms with van der Waals surface area (Å²) in [5.74, 6) is -0.483. The lowest BCUT2D eigenvalue weighted by Gasteiger charge is -2.21. The maximum Gasteiger partial charge on any atom is 0.310 e. The van der Waals surface area contributed by atoms with Gasteiger partial charge in [-0.3, -0.25) is 14.7 Å². The third kappa shape index (κ3) is 4.08. The maximum atomic E-state index is 11.7. The minimum absolute atomic E-state index is 0.123. The van der Waals surface area contributed by atoms with E-state index in [9.17, 15) is 9.59 Å². The van der Waals surface area contributed by atoms with Crippen molar-refractivity contribution in [1.29, 1.82) is 0 Å². The molecule has 0 saturated heterocycles. The van der Waals surface area contributed by atoms with Crippen molar-refractivity contribution in [1.82, 2.24) is 10.2 Å². The highest BCUT2D eigenvalue weighted by Gasteiger charge is 2.25. The molecular formula is C11H17N3O4. The van der Waals surface area contributed by atoms with Gasteiger partial charge in [-0.25, -0.2) is 0 Å². The summed E-state index contributed by atoms with van der Waals surface area (Å²) in [6.07, 6.45) is 0.438. The van der Waals surface area contributed by atoms with Crippen molar-refractivity contribution < 1.29 is 19.1 Å². The maximum absolute atomic E-state index is 11.7. The lowest BCUT2D eigenvalue weighted by molar-refractivity contribution is -0.159. The molecule has 0 spiro atoms. The molecular weight excluding hydrogens is 238 g/mol. The van der Waals surface area contributed by atoms with E-state index in [1.165, 1.54) is 6.20 Å². The molecule has 7 heteroatoms. The number of rotatable bonds is 5. The molecule has 0 amide bonds. The van der Waals surface area contributed by atoms with E-state index in [0.29, 0.717) is 11.4 Å². The standard InChI is InChI=1S/C11H17N3O4/c1-11(2,3)18-9(16)4-8(17-6-15)10-7(12)5-13-14-10/h5-6,8H,4,12H2,1-3H3,(H,13,14). The predicted octanol–water partition coefficient (Wildman–Crippen LogP) is 0.938. The van der Waals surface area contributed by atoms with Crippen LogP contribution in [0.3, 0.4) is 0 Å². The number of carbonyl (C=O) groups is 2. The Morgan fingerprint density at radius 1 is 1.61 bits per heavy atom. The second-order valence-corrected chi connectivity index (χ2v) is 4.75. The van der Waals surface area contributed by atoms with Gasteiger partial charge in [0, 0.05) is 0 Å². The van der Waals surface area contributed by atoms with Gasteiger partial charge in [0.2, 0.25) is 0 Å². The number of anilines is 1. The van der Waals surface area contributed by atoms with E-state index >= 15 is 0 Å². The Kier molecular flexibility index (Phi) is 4.30. The molecule has 3 N–H and O–H groups in total. The Morgan fingerprint density at radius 3 is 2.72 bits per heavy atom. The molecule has 100 valence electrons. The molecule has 1 atom stereocenters. The van der Waals surface area contributed by atoms with Crippen LogP contribution >= 0.6 is 0 Å². The number of nitrogens with two attached hydrogens (primary N) is 1. The molecule has 1 rings (SSSR count). The zero-order chi connectivity index (χ0) is 13.8. The van der Waals surface area contributed by atoms with Crippen LogP contribution < -0.4 is 5.73 Å². The third-order valence-electron chi connectivity index (χ3n) is 2.01. The lowest BCUT2D eigenvalue weighted by Crippen LogP contribution is -2.25. The fourth-order valence-corrected chi connectivity index (χ4v) is 1.38. The second-order valence-electron chi connectivity index (χ2n) is 4.75. The molecule has 1 aromatic rings. The molecule has 1 aromatic heterocycles. The van der Waals surface area contributed by atoms with E-state index in [1.807, 2.05) is 0 Å². The Balaban J connectivity index is 2.73. The Labute approximate surface area is 105 Å². The summed E-state index contributed by atoms with van der Waals surface area (Å²) in [5, 5.41) is 6.30. The van der Waals surface area contributed by atoms with Crippen LogP contribution in [0, 0.1) is 0 Å². The van der Waals surface area contributed by atoms with E-state index in [0.717, 1.165) is 0 Å². The zero-order valence-electron chi connectivity index (χ0n) is 10.6. The van der Waals surface area contributed by atoms with Crippen molar-refractivity contribution in [3.05, 3.63) is 11.9 Å². The molecule has 0 saturated carbocycles. The number of ether oxygens (including phenoxy) is 2. The quantitative estimate of drug-likeness (QED) is 0.598. The van der Waals surface area contributed by atoms with Crippen molar-refractivity contribution in [3.63, 3.8) is 0 Å². The van der Waals surface area contributed by atoms with E-state index in [-0.39, 0.29) is 12.9 Å². The number of esters is 1. The molecule has 0 aliphatic heterocycles. The first-order valence-electron chi connectivity index (χ1n) is 5.43. The number of aromatic amines is 1. The predicted molar refractivity (Wildman–Crippen MR) is 63.4 cm³/mol. The van der Waals surface area contributed by atoms with Crippen LogP contribution in [-0.4, -0.2) is 28.2 Å². The summed E-state index contributed by atoms with van der Waals surface area (Å²) in [5.41, 5.74) is 5.74. The topological polar surface area (TPSA) is 107 Å². The highest BCUT2D eigenvalue weighted by Crippen LogP contribution is 2.24. The highest BCUT2D eigenvalue weighted by atomic mass is 16.6. The first-order valence-corrected chi connectivity index (χ1v) is 5.43. The van der Waals surface area contributed by atoms with E-state index in [4.69, 9.17) is 15.2 Å². The lowest BCUT2D eigenvalue weighted by atomic mass is 10.1. The molecule has 18 heavy (non-hydrogen) atoms. The van der Waals surface area contributed by atoms with Crippen molar-refractivity contribution >= 4 is 18.1 Å². The number of carbonyl (C=O) groups excluding carboxylic acids is 2. The van der Waals surface area contributed by atoms with Crippen LogP contribution in [0.15, 0.2) is 6.20 Å². The Hall–Kier alpha value is -2.05. The molecule has 1 unspecified atom stereocenters. The largest absolute Gasteiger partial charge is 0.460 e. The summed E-state index contributed by atoms with van der Waals surface area (Å²) in [6.45, 7) is 5.52. The SMILES string of the molecule is CC(C)(C)OC(=O)CC(OC=O)c1[nH]ncc1N. The fourth-order valence-electron chi connectivity index (χ4n) is 1.38. The van der Waals surface area contributed by atoms with Crippen LogP contribution in [0.5, 0.6) is 0 Å². The van der Waals surface area contributed by atoms with Crippen molar-refractivity contribution in [3.8, 4) is 0 Å². The molecule has 7 nitrogen and oxygen atoms in total. The van der Waals surface area contributed by atoms with Gasteiger partial charge in [0.05, 0.1) is 24.0 Å². The van der Waals surface area contributed by atoms with Gasteiger partial charge < -0.3 is 15.2 Å². The van der Waals surface area contributed by atoms with Crippen LogP contribution in [0.4, 0.5) is 5.69 Å². The summed E-state index contributed by atoms with van der Waals surface area (Å²) in [4.78, 5) is 22.1. The summed E-state index contributed by atoms with van der Waals surface area (Å²) >= 11 is 0. The zero-order valence-corrected chi connectivity index (χ0v) is 10.6. The monoisotopic (exact) mass is 255 g/mol. The number of aromatic nitrogens is 2. The first kappa shape index (κ1) is 14.0. The Morgan fingerprint density at radius 2 is 2.28 bits per heavy atom. The second kappa shape index (κ2) is 5.52. The average Bonchev–Trinajstić information content (AvgIpc) is 2.60. The number of hydrogen-bond acceptors (Lipinski definition) is 6. The van der Waals surface area contributed by atoms with Gasteiger partial charge >= 0.3 is 5.97 Å². The molecule has 0 aliphatic carbocycles. The molecule has 0 bridgehead atoms. The van der Waals surface area contributed by atoms with Gasteiger partial charge in [0.25, 0.3) is 6.47 Å². The molecule has 1 heterocycles. The number of nitrogens with one attached hydrogen (secondary N) is 1.